The molecule has 0 aliphatic heterocycles. The van der Waals surface area contributed by atoms with E-state index in [2.05, 4.69) is 4.98 Å². The molecule has 0 atom stereocenters. The van der Waals surface area contributed by atoms with E-state index in [9.17, 15) is 5.11 Å². The molecule has 0 saturated heterocycles. The number of nitrogens with zero attached hydrogens (tertiary/aromatic N) is 2. The van der Waals surface area contributed by atoms with Crippen LogP contribution in [-0.4, -0.2) is 12.1 Å². The minimum Gasteiger partial charge on any atom is -0.870 e. The molecule has 0 aliphatic carbocycles. The number of hydrogen-bond acceptors (Lipinski definition) is 3. The SMILES string of the molecule is COc1ccc(/C([O-])=C/[n+]2ccc(C)nc2)cc1. The molecule has 0 saturated carbocycles. The molecule has 1 heterocycles. The second-order valence-corrected chi connectivity index (χ2v) is 3.87. The maximum atomic E-state index is 12.0. The van der Waals surface area contributed by atoms with Gasteiger partial charge in [0, 0.05) is 13.0 Å². The summed E-state index contributed by atoms with van der Waals surface area (Å²) in [6.45, 7) is 1.90. The molecule has 0 amide bonds. The van der Waals surface area contributed by atoms with Crippen molar-refractivity contribution in [3.05, 3.63) is 54.1 Å². The zero-order chi connectivity index (χ0) is 13.0. The molecule has 0 spiro atoms. The number of methoxy groups -OCH3 is 1. The van der Waals surface area contributed by atoms with E-state index in [0.717, 1.165) is 11.4 Å². The third-order valence-electron chi connectivity index (χ3n) is 2.52. The summed E-state index contributed by atoms with van der Waals surface area (Å²) in [5.74, 6) is 0.657. The lowest BCUT2D eigenvalue weighted by molar-refractivity contribution is -0.573. The van der Waals surface area contributed by atoms with Crippen molar-refractivity contribution < 1.29 is 14.4 Å². The van der Waals surface area contributed by atoms with Crippen LogP contribution in [-0.2, 0) is 0 Å². The van der Waals surface area contributed by atoms with Gasteiger partial charge >= 0.3 is 0 Å². The van der Waals surface area contributed by atoms with E-state index in [1.54, 1.807) is 48.5 Å². The summed E-state index contributed by atoms with van der Waals surface area (Å²) >= 11 is 0. The van der Waals surface area contributed by atoms with Crippen molar-refractivity contribution in [2.24, 2.45) is 0 Å². The number of benzene rings is 1. The minimum absolute atomic E-state index is 0.0756. The van der Waals surface area contributed by atoms with Gasteiger partial charge in [-0.15, -0.1) is 0 Å². The fourth-order valence-electron chi connectivity index (χ4n) is 1.47. The topological polar surface area (TPSA) is 49.1 Å². The van der Waals surface area contributed by atoms with Crippen LogP contribution in [0.1, 0.15) is 11.3 Å². The molecule has 0 aliphatic rings. The molecule has 0 radical (unpaired) electrons. The van der Waals surface area contributed by atoms with Gasteiger partial charge in [0.05, 0.1) is 19.5 Å². The minimum atomic E-state index is -0.0756. The van der Waals surface area contributed by atoms with E-state index in [1.807, 2.05) is 13.0 Å². The first-order valence-corrected chi connectivity index (χ1v) is 5.55. The van der Waals surface area contributed by atoms with Crippen molar-refractivity contribution >= 4 is 12.0 Å². The number of ether oxygens (including phenoxy) is 1. The van der Waals surface area contributed by atoms with Crippen LogP contribution in [0.25, 0.3) is 12.0 Å². The molecular formula is C14H14N2O2. The number of aryl methyl sites for hydroxylation is 1. The second kappa shape index (κ2) is 5.31. The first kappa shape index (κ1) is 12.1. The number of rotatable bonds is 3. The predicted molar refractivity (Wildman–Crippen MR) is 66.3 cm³/mol. The Balaban J connectivity index is 2.23. The Morgan fingerprint density at radius 2 is 2.00 bits per heavy atom. The Kier molecular flexibility index (Phi) is 3.57. The van der Waals surface area contributed by atoms with Gasteiger partial charge in [0.2, 0.25) is 0 Å². The van der Waals surface area contributed by atoms with E-state index < -0.39 is 0 Å². The van der Waals surface area contributed by atoms with Crippen molar-refractivity contribution in [1.82, 2.24) is 4.98 Å². The Bertz CT molecular complexity index is 545. The summed E-state index contributed by atoms with van der Waals surface area (Å²) < 4.78 is 6.68. The Morgan fingerprint density at radius 3 is 2.56 bits per heavy atom. The second-order valence-electron chi connectivity index (χ2n) is 3.87. The smallest absolute Gasteiger partial charge is 0.290 e. The lowest BCUT2D eigenvalue weighted by Gasteiger charge is -2.11. The van der Waals surface area contributed by atoms with Crippen LogP contribution in [0, 0.1) is 6.92 Å². The molecule has 2 rings (SSSR count). The maximum Gasteiger partial charge on any atom is 0.290 e. The normalized spacial score (nSPS) is 11.3. The quantitative estimate of drug-likeness (QED) is 0.596. The standard InChI is InChI=1S/C14H14N2O2/c1-11-7-8-16(10-15-11)9-14(17)12-3-5-13(18-2)6-4-12/h3-10H,1-2H3/b14-9-. The molecule has 18 heavy (non-hydrogen) atoms. The van der Waals surface area contributed by atoms with Crippen LogP contribution in [0.5, 0.6) is 5.75 Å². The van der Waals surface area contributed by atoms with Crippen LogP contribution in [0.2, 0.25) is 0 Å². The molecule has 1 aromatic carbocycles. The lowest BCUT2D eigenvalue weighted by Crippen LogP contribution is -2.27. The third kappa shape index (κ3) is 2.85. The molecule has 4 heteroatoms. The van der Waals surface area contributed by atoms with Crippen molar-refractivity contribution in [1.29, 1.82) is 0 Å². The molecule has 2 aromatic rings. The van der Waals surface area contributed by atoms with Crippen LogP contribution in [0.4, 0.5) is 0 Å². The van der Waals surface area contributed by atoms with Crippen LogP contribution in [0.15, 0.2) is 42.9 Å². The third-order valence-corrected chi connectivity index (χ3v) is 2.52. The van der Waals surface area contributed by atoms with Crippen molar-refractivity contribution in [2.45, 2.75) is 6.92 Å². The molecular weight excluding hydrogens is 228 g/mol. The molecule has 4 nitrogen and oxygen atoms in total. The van der Waals surface area contributed by atoms with Crippen molar-refractivity contribution in [3.63, 3.8) is 0 Å². The van der Waals surface area contributed by atoms with Crippen LogP contribution >= 0.6 is 0 Å². The highest BCUT2D eigenvalue weighted by atomic mass is 16.5. The van der Waals surface area contributed by atoms with E-state index in [4.69, 9.17) is 4.74 Å². The summed E-state index contributed by atoms with van der Waals surface area (Å²) in [5.41, 5.74) is 1.53. The van der Waals surface area contributed by atoms with Gasteiger partial charge in [0.1, 0.15) is 5.75 Å². The highest BCUT2D eigenvalue weighted by molar-refractivity contribution is 5.64. The molecule has 0 unspecified atom stereocenters. The van der Waals surface area contributed by atoms with Crippen molar-refractivity contribution in [3.8, 4) is 5.75 Å². The van der Waals surface area contributed by atoms with Gasteiger partial charge in [-0.1, -0.05) is 22.9 Å². The summed E-state index contributed by atoms with van der Waals surface area (Å²) in [7, 11) is 1.59. The fraction of sp³-hybridized carbons (Fsp3) is 0.143. The Hall–Kier alpha value is -2.36. The first-order chi connectivity index (χ1) is 8.69. The van der Waals surface area contributed by atoms with Crippen LogP contribution < -0.4 is 14.4 Å². The first-order valence-electron chi connectivity index (χ1n) is 5.55. The van der Waals surface area contributed by atoms with Gasteiger partial charge < -0.3 is 9.84 Å². The molecule has 1 aromatic heterocycles. The summed E-state index contributed by atoms with van der Waals surface area (Å²) in [4.78, 5) is 4.11. The molecule has 0 N–H and O–H groups in total. The molecule has 92 valence electrons. The van der Waals surface area contributed by atoms with E-state index >= 15 is 0 Å². The number of hydrogen-bond donors (Lipinski definition) is 0. The van der Waals surface area contributed by atoms with Crippen molar-refractivity contribution in [2.75, 3.05) is 7.11 Å². The Labute approximate surface area is 106 Å². The van der Waals surface area contributed by atoms with Gasteiger partial charge in [-0.05, 0) is 17.7 Å². The lowest BCUT2D eigenvalue weighted by atomic mass is 10.2. The average molecular weight is 242 g/mol. The van der Waals surface area contributed by atoms with Gasteiger partial charge in [-0.3, -0.25) is 0 Å². The largest absolute Gasteiger partial charge is 0.870 e. The van der Waals surface area contributed by atoms with Gasteiger partial charge in [-0.25, -0.2) is 4.57 Å². The predicted octanol–water partition coefficient (Wildman–Crippen LogP) is 1.00. The summed E-state index contributed by atoms with van der Waals surface area (Å²) in [6, 6.07) is 8.84. The highest BCUT2D eigenvalue weighted by Gasteiger charge is 1.97. The average Bonchev–Trinajstić information content (AvgIpc) is 2.41. The van der Waals surface area contributed by atoms with E-state index in [-0.39, 0.29) is 5.76 Å². The highest BCUT2D eigenvalue weighted by Crippen LogP contribution is 2.14. The molecule has 0 bridgehead atoms. The summed E-state index contributed by atoms with van der Waals surface area (Å²) in [6.07, 6.45) is 4.90. The van der Waals surface area contributed by atoms with Crippen LogP contribution in [0.3, 0.4) is 0 Å². The fourth-order valence-corrected chi connectivity index (χ4v) is 1.47. The van der Waals surface area contributed by atoms with Gasteiger partial charge in [0.25, 0.3) is 6.33 Å². The number of aromatic nitrogens is 2. The van der Waals surface area contributed by atoms with E-state index in [1.165, 1.54) is 6.20 Å². The van der Waals surface area contributed by atoms with Gasteiger partial charge in [-0.2, -0.15) is 0 Å². The maximum absolute atomic E-state index is 12.0. The Morgan fingerprint density at radius 1 is 1.28 bits per heavy atom. The monoisotopic (exact) mass is 242 g/mol. The van der Waals surface area contributed by atoms with E-state index in [0.29, 0.717) is 5.56 Å². The molecule has 0 fully saturated rings. The zero-order valence-electron chi connectivity index (χ0n) is 10.3. The van der Waals surface area contributed by atoms with Gasteiger partial charge in [0.15, 0.2) is 5.69 Å². The summed E-state index contributed by atoms with van der Waals surface area (Å²) in [5, 5.41) is 12.0. The zero-order valence-corrected chi connectivity index (χ0v) is 10.3.